The Morgan fingerprint density at radius 1 is 1.14 bits per heavy atom. The van der Waals surface area contributed by atoms with E-state index in [-0.39, 0.29) is 5.41 Å². The van der Waals surface area contributed by atoms with Gasteiger partial charge in [-0.25, -0.2) is 0 Å². The number of allylic oxidation sites excluding steroid dienone is 4. The molecule has 1 nitrogen and oxygen atoms in total. The lowest BCUT2D eigenvalue weighted by Gasteiger charge is -2.34. The van der Waals surface area contributed by atoms with Gasteiger partial charge in [0.1, 0.15) is 0 Å². The van der Waals surface area contributed by atoms with E-state index in [2.05, 4.69) is 34.6 Å². The van der Waals surface area contributed by atoms with Crippen molar-refractivity contribution < 1.29 is 5.11 Å². The molecule has 1 rings (SSSR count). The third-order valence-corrected chi connectivity index (χ3v) is 3.20. The summed E-state index contributed by atoms with van der Waals surface area (Å²) >= 11 is 0. The third-order valence-electron chi connectivity index (χ3n) is 3.20. The van der Waals surface area contributed by atoms with Crippen molar-refractivity contribution >= 4 is 0 Å². The molecule has 1 aliphatic rings. The molecule has 0 aromatic rings. The molecule has 80 valence electrons. The van der Waals surface area contributed by atoms with Gasteiger partial charge in [0.15, 0.2) is 0 Å². The van der Waals surface area contributed by atoms with Crippen molar-refractivity contribution in [1.29, 1.82) is 0 Å². The first-order valence-electron chi connectivity index (χ1n) is 5.35. The Morgan fingerprint density at radius 2 is 1.64 bits per heavy atom. The minimum Gasteiger partial charge on any atom is -0.512 e. The maximum atomic E-state index is 9.75. The predicted molar refractivity (Wildman–Crippen MR) is 61.3 cm³/mol. The van der Waals surface area contributed by atoms with E-state index in [4.69, 9.17) is 0 Å². The lowest BCUT2D eigenvalue weighted by molar-refractivity contribution is 0.333. The molecule has 1 atom stereocenters. The first-order valence-corrected chi connectivity index (χ1v) is 5.35. The molecule has 0 amide bonds. The summed E-state index contributed by atoms with van der Waals surface area (Å²) in [5.41, 5.74) is 4.07. The number of aliphatic hydroxyl groups is 1. The van der Waals surface area contributed by atoms with E-state index in [1.165, 1.54) is 11.1 Å². The molecular weight excluding hydrogens is 172 g/mol. The van der Waals surface area contributed by atoms with Crippen LogP contribution in [-0.2, 0) is 0 Å². The van der Waals surface area contributed by atoms with E-state index in [0.717, 1.165) is 12.0 Å². The maximum absolute atomic E-state index is 9.75. The maximum Gasteiger partial charge on any atom is 0.0960 e. The Kier molecular flexibility index (Phi) is 2.80. The highest BCUT2D eigenvalue weighted by Gasteiger charge is 2.29. The van der Waals surface area contributed by atoms with Crippen LogP contribution in [0.3, 0.4) is 0 Å². The fraction of sp³-hybridized carbons (Fsp3) is 0.692. The summed E-state index contributed by atoms with van der Waals surface area (Å²) in [5, 5.41) is 9.75. The van der Waals surface area contributed by atoms with Crippen molar-refractivity contribution in [3.8, 4) is 0 Å². The first-order chi connectivity index (χ1) is 6.25. The minimum atomic E-state index is 0.214. The predicted octanol–water partition coefficient (Wildman–Crippen LogP) is 4.22. The Bertz CT molecular complexity index is 300. The molecule has 1 unspecified atom stereocenters. The van der Waals surface area contributed by atoms with Crippen LogP contribution in [0.5, 0.6) is 0 Å². The molecule has 0 spiro atoms. The van der Waals surface area contributed by atoms with Gasteiger partial charge in [-0.3, -0.25) is 0 Å². The van der Waals surface area contributed by atoms with E-state index >= 15 is 0 Å². The van der Waals surface area contributed by atoms with Gasteiger partial charge in [0, 0.05) is 6.42 Å². The van der Waals surface area contributed by atoms with Gasteiger partial charge >= 0.3 is 0 Å². The third kappa shape index (κ3) is 1.87. The second kappa shape index (κ2) is 3.45. The largest absolute Gasteiger partial charge is 0.512 e. The standard InChI is InChI=1S/C13H22O/c1-8-7-11(14)9(2)10(3)12(8)13(4,5)6/h8,14H,7H2,1-6H3. The molecule has 0 radical (unpaired) electrons. The SMILES string of the molecule is CC1=C(O)CC(C)C(C(C)(C)C)=C1C. The summed E-state index contributed by atoms with van der Waals surface area (Å²) in [6, 6.07) is 0. The van der Waals surface area contributed by atoms with Gasteiger partial charge in [0.05, 0.1) is 5.76 Å². The molecule has 0 heterocycles. The van der Waals surface area contributed by atoms with Crippen LogP contribution in [0.25, 0.3) is 0 Å². The minimum absolute atomic E-state index is 0.214. The monoisotopic (exact) mass is 194 g/mol. The second-order valence-corrected chi connectivity index (χ2v) is 5.47. The molecule has 0 aromatic heterocycles. The smallest absolute Gasteiger partial charge is 0.0960 e. The number of aliphatic hydroxyl groups excluding tert-OH is 1. The molecule has 0 saturated heterocycles. The van der Waals surface area contributed by atoms with Crippen molar-refractivity contribution in [1.82, 2.24) is 0 Å². The van der Waals surface area contributed by atoms with Crippen LogP contribution in [0.1, 0.15) is 48.0 Å². The van der Waals surface area contributed by atoms with Gasteiger partial charge in [0.2, 0.25) is 0 Å². The fourth-order valence-electron chi connectivity index (χ4n) is 2.63. The lowest BCUT2D eigenvalue weighted by Crippen LogP contribution is -2.22. The quantitative estimate of drug-likeness (QED) is 0.612. The normalized spacial score (nSPS) is 24.6. The summed E-state index contributed by atoms with van der Waals surface area (Å²) in [4.78, 5) is 0. The summed E-state index contributed by atoms with van der Waals surface area (Å²) in [6.45, 7) is 13.1. The highest BCUT2D eigenvalue weighted by Crippen LogP contribution is 2.42. The van der Waals surface area contributed by atoms with Gasteiger partial charge in [0.25, 0.3) is 0 Å². The molecule has 0 aliphatic heterocycles. The first kappa shape index (κ1) is 11.4. The van der Waals surface area contributed by atoms with Crippen LogP contribution in [0.15, 0.2) is 22.5 Å². The molecule has 1 aliphatic carbocycles. The topological polar surface area (TPSA) is 20.2 Å². The summed E-state index contributed by atoms with van der Waals surface area (Å²) in [5.74, 6) is 1.04. The number of rotatable bonds is 0. The summed E-state index contributed by atoms with van der Waals surface area (Å²) < 4.78 is 0. The number of hydrogen-bond donors (Lipinski definition) is 1. The van der Waals surface area contributed by atoms with Crippen molar-refractivity contribution in [2.24, 2.45) is 11.3 Å². The summed E-state index contributed by atoms with van der Waals surface area (Å²) in [7, 11) is 0. The fourth-order valence-corrected chi connectivity index (χ4v) is 2.63. The molecule has 0 fully saturated rings. The Morgan fingerprint density at radius 3 is 2.07 bits per heavy atom. The lowest BCUT2D eigenvalue weighted by atomic mass is 9.71. The van der Waals surface area contributed by atoms with Crippen LogP contribution in [0.4, 0.5) is 0 Å². The second-order valence-electron chi connectivity index (χ2n) is 5.47. The van der Waals surface area contributed by atoms with E-state index in [1.54, 1.807) is 0 Å². The Hall–Kier alpha value is -0.720. The summed E-state index contributed by atoms with van der Waals surface area (Å²) in [6.07, 6.45) is 0.801. The van der Waals surface area contributed by atoms with Crippen LogP contribution < -0.4 is 0 Å². The van der Waals surface area contributed by atoms with Crippen LogP contribution in [0, 0.1) is 11.3 Å². The molecule has 0 aromatic carbocycles. The van der Waals surface area contributed by atoms with Gasteiger partial charge in [-0.2, -0.15) is 0 Å². The van der Waals surface area contributed by atoms with Crippen molar-refractivity contribution in [2.75, 3.05) is 0 Å². The highest BCUT2D eigenvalue weighted by molar-refractivity contribution is 5.41. The van der Waals surface area contributed by atoms with Gasteiger partial charge in [-0.1, -0.05) is 33.3 Å². The van der Waals surface area contributed by atoms with E-state index in [0.29, 0.717) is 11.7 Å². The molecular formula is C13H22O. The van der Waals surface area contributed by atoms with E-state index in [1.807, 2.05) is 6.92 Å². The van der Waals surface area contributed by atoms with E-state index < -0.39 is 0 Å². The van der Waals surface area contributed by atoms with Gasteiger partial charge in [-0.15, -0.1) is 0 Å². The Labute approximate surface area is 87.5 Å². The zero-order chi connectivity index (χ0) is 11.1. The molecule has 14 heavy (non-hydrogen) atoms. The van der Waals surface area contributed by atoms with Crippen molar-refractivity contribution in [3.05, 3.63) is 22.5 Å². The van der Waals surface area contributed by atoms with Crippen LogP contribution in [-0.4, -0.2) is 5.11 Å². The van der Waals surface area contributed by atoms with Crippen LogP contribution >= 0.6 is 0 Å². The molecule has 1 N–H and O–H groups in total. The van der Waals surface area contributed by atoms with Crippen LogP contribution in [0.2, 0.25) is 0 Å². The van der Waals surface area contributed by atoms with Gasteiger partial charge < -0.3 is 5.11 Å². The average Bonchev–Trinajstić information content (AvgIpc) is 1.97. The zero-order valence-electron chi connectivity index (χ0n) is 10.2. The average molecular weight is 194 g/mol. The molecule has 1 heteroatoms. The molecule has 0 saturated carbocycles. The Balaban J connectivity index is 3.26. The van der Waals surface area contributed by atoms with Gasteiger partial charge in [-0.05, 0) is 36.3 Å². The zero-order valence-corrected chi connectivity index (χ0v) is 10.2. The molecule has 0 bridgehead atoms. The van der Waals surface area contributed by atoms with Crippen molar-refractivity contribution in [2.45, 2.75) is 48.0 Å². The van der Waals surface area contributed by atoms with Crippen molar-refractivity contribution in [3.63, 3.8) is 0 Å². The number of hydrogen-bond acceptors (Lipinski definition) is 1. The highest BCUT2D eigenvalue weighted by atomic mass is 16.3. The van der Waals surface area contributed by atoms with E-state index in [9.17, 15) is 5.11 Å².